The molecule has 1 aliphatic carbocycles. The van der Waals surface area contributed by atoms with Gasteiger partial charge in [-0.1, -0.05) is 18.2 Å². The van der Waals surface area contributed by atoms with Crippen LogP contribution in [0.2, 0.25) is 0 Å². The minimum absolute atomic E-state index is 0.284. The third kappa shape index (κ3) is 2.50. The molecule has 3 rings (SSSR count). The average Bonchev–Trinajstić information content (AvgIpc) is 3.28. The van der Waals surface area contributed by atoms with E-state index in [9.17, 15) is 4.39 Å². The maximum absolute atomic E-state index is 13.9. The van der Waals surface area contributed by atoms with Gasteiger partial charge in [-0.05, 0) is 44.2 Å². The van der Waals surface area contributed by atoms with Crippen molar-refractivity contribution in [2.24, 2.45) is 0 Å². The molecule has 3 nitrogen and oxygen atoms in total. The predicted molar refractivity (Wildman–Crippen MR) is 78.3 cm³/mol. The van der Waals surface area contributed by atoms with Crippen molar-refractivity contribution in [1.29, 1.82) is 0 Å². The molecule has 0 spiro atoms. The van der Waals surface area contributed by atoms with Crippen LogP contribution in [-0.4, -0.2) is 16.5 Å². The third-order valence-electron chi connectivity index (χ3n) is 3.55. The number of halogens is 1. The minimum Gasteiger partial charge on any atom is -0.368 e. The molecular formula is C16H18FN3. The second kappa shape index (κ2) is 5.19. The van der Waals surface area contributed by atoms with Crippen molar-refractivity contribution in [2.75, 3.05) is 11.9 Å². The lowest BCUT2D eigenvalue weighted by atomic mass is 10.1. The Bertz CT molecular complexity index is 636. The van der Waals surface area contributed by atoms with Crippen molar-refractivity contribution in [1.82, 2.24) is 9.97 Å². The van der Waals surface area contributed by atoms with Crippen molar-refractivity contribution >= 4 is 5.82 Å². The number of aryl methyl sites for hydroxylation is 1. The van der Waals surface area contributed by atoms with E-state index >= 15 is 0 Å². The molecule has 0 saturated heterocycles. The fourth-order valence-electron chi connectivity index (χ4n) is 2.32. The maximum Gasteiger partial charge on any atom is 0.186 e. The zero-order valence-electron chi connectivity index (χ0n) is 11.8. The van der Waals surface area contributed by atoms with Crippen LogP contribution >= 0.6 is 0 Å². The van der Waals surface area contributed by atoms with Gasteiger partial charge in [0.1, 0.15) is 0 Å². The van der Waals surface area contributed by atoms with Crippen LogP contribution in [-0.2, 0) is 0 Å². The SMILES string of the molecule is CCNc1nc(-c2cccc(C3CC3)c2)nc(C)c1F. The van der Waals surface area contributed by atoms with Crippen LogP contribution in [0.5, 0.6) is 0 Å². The molecule has 1 N–H and O–H groups in total. The number of benzene rings is 1. The molecule has 0 aliphatic heterocycles. The molecule has 0 bridgehead atoms. The molecule has 1 saturated carbocycles. The highest BCUT2D eigenvalue weighted by atomic mass is 19.1. The first-order valence-corrected chi connectivity index (χ1v) is 7.07. The lowest BCUT2D eigenvalue weighted by molar-refractivity contribution is 0.606. The van der Waals surface area contributed by atoms with E-state index in [4.69, 9.17) is 0 Å². The topological polar surface area (TPSA) is 37.8 Å². The van der Waals surface area contributed by atoms with Gasteiger partial charge in [0, 0.05) is 12.1 Å². The Labute approximate surface area is 118 Å². The number of rotatable bonds is 4. The van der Waals surface area contributed by atoms with E-state index in [-0.39, 0.29) is 11.6 Å². The molecule has 0 atom stereocenters. The fourth-order valence-corrected chi connectivity index (χ4v) is 2.32. The summed E-state index contributed by atoms with van der Waals surface area (Å²) in [6.07, 6.45) is 2.52. The van der Waals surface area contributed by atoms with Gasteiger partial charge < -0.3 is 5.32 Å². The summed E-state index contributed by atoms with van der Waals surface area (Å²) in [5, 5.41) is 2.95. The number of hydrogen-bond acceptors (Lipinski definition) is 3. The zero-order valence-corrected chi connectivity index (χ0v) is 11.8. The molecule has 0 unspecified atom stereocenters. The first kappa shape index (κ1) is 13.0. The second-order valence-electron chi connectivity index (χ2n) is 5.23. The van der Waals surface area contributed by atoms with Crippen LogP contribution in [0.1, 0.15) is 36.9 Å². The summed E-state index contributed by atoms with van der Waals surface area (Å²) in [5.41, 5.74) is 2.66. The zero-order chi connectivity index (χ0) is 14.1. The van der Waals surface area contributed by atoms with Crippen LogP contribution < -0.4 is 5.32 Å². The van der Waals surface area contributed by atoms with Gasteiger partial charge in [-0.3, -0.25) is 0 Å². The van der Waals surface area contributed by atoms with Crippen molar-refractivity contribution in [3.63, 3.8) is 0 Å². The molecular weight excluding hydrogens is 253 g/mol. The number of hydrogen-bond donors (Lipinski definition) is 1. The van der Waals surface area contributed by atoms with Crippen LogP contribution in [0.15, 0.2) is 24.3 Å². The monoisotopic (exact) mass is 271 g/mol. The molecule has 0 radical (unpaired) electrons. The van der Waals surface area contributed by atoms with Gasteiger partial charge in [0.15, 0.2) is 17.5 Å². The van der Waals surface area contributed by atoms with Crippen LogP contribution in [0.4, 0.5) is 10.2 Å². The first-order valence-electron chi connectivity index (χ1n) is 7.07. The lowest BCUT2D eigenvalue weighted by Gasteiger charge is -2.09. The summed E-state index contributed by atoms with van der Waals surface area (Å²) in [7, 11) is 0. The molecule has 1 heterocycles. The normalized spacial score (nSPS) is 14.3. The summed E-state index contributed by atoms with van der Waals surface area (Å²) in [5.74, 6) is 1.19. The predicted octanol–water partition coefficient (Wildman–Crippen LogP) is 3.90. The van der Waals surface area contributed by atoms with E-state index < -0.39 is 0 Å². The van der Waals surface area contributed by atoms with Gasteiger partial charge in [-0.25, -0.2) is 14.4 Å². The lowest BCUT2D eigenvalue weighted by Crippen LogP contribution is -2.06. The summed E-state index contributed by atoms with van der Waals surface area (Å²) >= 11 is 0. The Kier molecular flexibility index (Phi) is 3.38. The number of aromatic nitrogens is 2. The molecule has 4 heteroatoms. The summed E-state index contributed by atoms with van der Waals surface area (Å²) in [4.78, 5) is 8.60. The van der Waals surface area contributed by atoms with Gasteiger partial charge in [0.25, 0.3) is 0 Å². The Morgan fingerprint density at radius 3 is 2.80 bits per heavy atom. The Hall–Kier alpha value is -1.97. The maximum atomic E-state index is 13.9. The molecule has 20 heavy (non-hydrogen) atoms. The quantitative estimate of drug-likeness (QED) is 0.916. The van der Waals surface area contributed by atoms with Gasteiger partial charge >= 0.3 is 0 Å². The van der Waals surface area contributed by atoms with Crippen molar-refractivity contribution in [3.05, 3.63) is 41.3 Å². The van der Waals surface area contributed by atoms with Crippen LogP contribution in [0, 0.1) is 12.7 Å². The summed E-state index contributed by atoms with van der Waals surface area (Å²) < 4.78 is 13.9. The largest absolute Gasteiger partial charge is 0.368 e. The van der Waals surface area contributed by atoms with E-state index in [0.29, 0.717) is 24.0 Å². The molecule has 1 aromatic heterocycles. The van der Waals surface area contributed by atoms with E-state index in [1.807, 2.05) is 19.1 Å². The Balaban J connectivity index is 2.02. The molecule has 0 amide bonds. The molecule has 1 aliphatic rings. The van der Waals surface area contributed by atoms with Crippen LogP contribution in [0.25, 0.3) is 11.4 Å². The van der Waals surface area contributed by atoms with Gasteiger partial charge in [0.2, 0.25) is 0 Å². The first-order chi connectivity index (χ1) is 9.69. The smallest absolute Gasteiger partial charge is 0.186 e. The van der Waals surface area contributed by atoms with E-state index in [1.165, 1.54) is 18.4 Å². The standard InChI is InChI=1S/C16H18FN3/c1-3-18-16-14(17)10(2)19-15(20-16)13-6-4-5-12(9-13)11-7-8-11/h4-6,9,11H,3,7-8H2,1-2H3,(H,18,19,20). The highest BCUT2D eigenvalue weighted by molar-refractivity contribution is 5.59. The van der Waals surface area contributed by atoms with E-state index in [1.54, 1.807) is 6.92 Å². The third-order valence-corrected chi connectivity index (χ3v) is 3.55. The van der Waals surface area contributed by atoms with Gasteiger partial charge in [-0.15, -0.1) is 0 Å². The molecule has 1 fully saturated rings. The second-order valence-corrected chi connectivity index (χ2v) is 5.23. The van der Waals surface area contributed by atoms with Crippen molar-refractivity contribution in [3.8, 4) is 11.4 Å². The number of anilines is 1. The van der Waals surface area contributed by atoms with Crippen molar-refractivity contribution < 1.29 is 4.39 Å². The van der Waals surface area contributed by atoms with Crippen molar-refractivity contribution in [2.45, 2.75) is 32.6 Å². The van der Waals surface area contributed by atoms with Crippen LogP contribution in [0.3, 0.4) is 0 Å². The highest BCUT2D eigenvalue weighted by Crippen LogP contribution is 2.40. The van der Waals surface area contributed by atoms with E-state index in [2.05, 4.69) is 27.4 Å². The highest BCUT2D eigenvalue weighted by Gasteiger charge is 2.23. The number of nitrogens with zero attached hydrogens (tertiary/aromatic N) is 2. The summed E-state index contributed by atoms with van der Waals surface area (Å²) in [6.45, 7) is 4.23. The minimum atomic E-state index is -0.367. The average molecular weight is 271 g/mol. The molecule has 1 aromatic carbocycles. The fraction of sp³-hybridized carbons (Fsp3) is 0.375. The summed E-state index contributed by atoms with van der Waals surface area (Å²) in [6, 6.07) is 8.27. The Morgan fingerprint density at radius 1 is 1.30 bits per heavy atom. The Morgan fingerprint density at radius 2 is 2.10 bits per heavy atom. The molecule has 104 valence electrons. The van der Waals surface area contributed by atoms with Gasteiger partial charge in [-0.2, -0.15) is 0 Å². The van der Waals surface area contributed by atoms with Gasteiger partial charge in [0.05, 0.1) is 5.69 Å². The van der Waals surface area contributed by atoms with E-state index in [0.717, 1.165) is 5.56 Å². The number of nitrogens with one attached hydrogen (secondary N) is 1. The molecule has 2 aromatic rings.